The van der Waals surface area contributed by atoms with Crippen molar-refractivity contribution in [2.45, 2.75) is 69.6 Å². The predicted octanol–water partition coefficient (Wildman–Crippen LogP) is 3.78. The molecule has 0 aromatic heterocycles. The Morgan fingerprint density at radius 3 is 2.77 bits per heavy atom. The molecule has 1 unspecified atom stereocenters. The summed E-state index contributed by atoms with van der Waals surface area (Å²) in [5, 5.41) is 15.9. The van der Waals surface area contributed by atoms with Crippen LogP contribution in [-0.2, 0) is 23.8 Å². The molecule has 1 N–H and O–H groups in total. The second kappa shape index (κ2) is 8.01. The lowest BCUT2D eigenvalue weighted by Crippen LogP contribution is -2.71. The average Bonchev–Trinajstić information content (AvgIpc) is 3.51. The van der Waals surface area contributed by atoms with E-state index in [-0.39, 0.29) is 44.4 Å². The summed E-state index contributed by atoms with van der Waals surface area (Å²) in [6.45, 7) is 7.19. The number of hydrogen-bond donors (Lipinski definition) is 2. The molecule has 4 aliphatic carbocycles. The molecule has 2 saturated heterocycles. The first-order valence-corrected chi connectivity index (χ1v) is 13.4. The van der Waals surface area contributed by atoms with Gasteiger partial charge in [0.15, 0.2) is 19.3 Å². The predicted molar refractivity (Wildman–Crippen MR) is 130 cm³/mol. The lowest BCUT2D eigenvalue weighted by molar-refractivity contribution is -0.277. The summed E-state index contributed by atoms with van der Waals surface area (Å²) in [4.78, 5) is 5.29. The minimum atomic E-state index is -1.81. The Morgan fingerprint density at radius 2 is 2.03 bits per heavy atom. The van der Waals surface area contributed by atoms with Gasteiger partial charge in [-0.3, -0.25) is 0 Å². The monoisotopic (exact) mass is 509 g/mol. The van der Waals surface area contributed by atoms with Crippen LogP contribution in [0.1, 0.15) is 46.5 Å². The van der Waals surface area contributed by atoms with Crippen molar-refractivity contribution in [3.05, 3.63) is 23.8 Å². The van der Waals surface area contributed by atoms with Crippen molar-refractivity contribution in [1.82, 2.24) is 0 Å². The van der Waals surface area contributed by atoms with Crippen LogP contribution in [0, 0.1) is 28.6 Å². The molecule has 9 heteroatoms. The van der Waals surface area contributed by atoms with E-state index >= 15 is 4.39 Å². The van der Waals surface area contributed by atoms with Crippen molar-refractivity contribution >= 4 is 18.3 Å². The summed E-state index contributed by atoms with van der Waals surface area (Å²) in [5.74, 6) is -0.699. The molecule has 0 aromatic carbocycles. The summed E-state index contributed by atoms with van der Waals surface area (Å²) in [5.41, 5.74) is -2.43. The maximum atomic E-state index is 17.6. The fraction of sp³-hybridized carbons (Fsp3) is 0.808. The number of ether oxygens (including phenoxy) is 4. The number of halogens is 1. The normalized spacial score (nSPS) is 53.7. The second-order valence-corrected chi connectivity index (χ2v) is 12.0. The van der Waals surface area contributed by atoms with Gasteiger partial charge in [-0.1, -0.05) is 30.7 Å². The van der Waals surface area contributed by atoms with Crippen molar-refractivity contribution in [1.29, 1.82) is 0 Å². The van der Waals surface area contributed by atoms with Crippen molar-refractivity contribution in [2.75, 3.05) is 32.6 Å². The highest BCUT2D eigenvalue weighted by Gasteiger charge is 2.81. The molecule has 0 radical (unpaired) electrons. The third-order valence-corrected chi connectivity index (χ3v) is 10.5. The highest BCUT2D eigenvalue weighted by Crippen LogP contribution is 2.74. The summed E-state index contributed by atoms with van der Waals surface area (Å²) in [6.07, 6.45) is 6.93. The Kier molecular flexibility index (Phi) is 5.58. The third-order valence-electron chi connectivity index (χ3n) is 10.4. The number of aliphatic hydroxyl groups is 1. The quantitative estimate of drug-likeness (QED) is 0.343. The number of alkyl halides is 1. The van der Waals surface area contributed by atoms with E-state index in [1.807, 2.05) is 25.2 Å². The highest BCUT2D eigenvalue weighted by molar-refractivity contribution is 7.80. The molecule has 2 aliphatic heterocycles. The molecule has 3 saturated carbocycles. The van der Waals surface area contributed by atoms with E-state index in [1.165, 1.54) is 0 Å². The van der Waals surface area contributed by atoms with Gasteiger partial charge in [0.2, 0.25) is 5.79 Å². The Morgan fingerprint density at radius 1 is 1.23 bits per heavy atom. The van der Waals surface area contributed by atoms with Crippen molar-refractivity contribution in [3.8, 4) is 0 Å². The van der Waals surface area contributed by atoms with Gasteiger partial charge in [0.05, 0.1) is 6.10 Å². The van der Waals surface area contributed by atoms with Gasteiger partial charge < -0.3 is 28.9 Å². The zero-order valence-electron chi connectivity index (χ0n) is 20.7. The molecule has 6 aliphatic rings. The van der Waals surface area contributed by atoms with Gasteiger partial charge in [0, 0.05) is 22.5 Å². The summed E-state index contributed by atoms with van der Waals surface area (Å²) in [7, 11) is 0. The van der Waals surface area contributed by atoms with Gasteiger partial charge in [0.1, 0.15) is 24.5 Å². The van der Waals surface area contributed by atoms with Gasteiger partial charge in [-0.25, -0.2) is 4.39 Å². The molecule has 6 rings (SSSR count). The number of thiol groups is 1. The molecule has 2 spiro atoms. The number of nitrogens with zero attached hydrogens (tertiary/aromatic N) is 1. The van der Waals surface area contributed by atoms with Crippen LogP contribution in [0.25, 0.3) is 0 Å². The fourth-order valence-electron chi connectivity index (χ4n) is 8.96. The van der Waals surface area contributed by atoms with E-state index in [2.05, 4.69) is 31.6 Å². The number of oxime groups is 1. The van der Waals surface area contributed by atoms with E-state index in [4.69, 9.17) is 23.8 Å². The topological polar surface area (TPSA) is 78.7 Å². The Balaban J connectivity index is 1.39. The zero-order chi connectivity index (χ0) is 24.7. The molecular formula is C26H36FNO6S. The minimum Gasteiger partial charge on any atom is -0.394 e. The Hall–Kier alpha value is -0.970. The van der Waals surface area contributed by atoms with E-state index in [1.54, 1.807) is 0 Å². The standard InChI is InChI=1S/C26H36FNO6S/c1-16-10-20-19-5-4-17-11-18(28-34-8-9-35)6-7-22(17,2)25(19,27)21(29)12-23(20,3)26(16)24(32-15-33-26)13-30-14-31-24/h6-7,11,16,19-21,29,35H,4-5,8-10,12-15H2,1-3H3/b28-18+/t16-,19-,20-,21-,22-,23-,24?,25-,26+/m0/s1. The SMILES string of the molecule is C[C@H]1C[C@H]2[C@@H]3CCC4=C/C(=N/OCCS)C=C[C@]4(C)[C@@]3(F)[C@@H](O)C[C@]2(C)[C@]12OCOC21COCO1. The number of hydrogen-bond acceptors (Lipinski definition) is 8. The van der Waals surface area contributed by atoms with Crippen LogP contribution in [0.3, 0.4) is 0 Å². The van der Waals surface area contributed by atoms with Crippen molar-refractivity contribution in [3.63, 3.8) is 0 Å². The van der Waals surface area contributed by atoms with E-state index in [9.17, 15) is 5.11 Å². The van der Waals surface area contributed by atoms with Gasteiger partial charge in [-0.05, 0) is 56.6 Å². The average molecular weight is 510 g/mol. The highest BCUT2D eigenvalue weighted by atomic mass is 32.1. The molecule has 194 valence electrons. The van der Waals surface area contributed by atoms with Crippen LogP contribution < -0.4 is 0 Å². The number of allylic oxidation sites excluding steroid dienone is 4. The van der Waals surface area contributed by atoms with E-state index in [0.29, 0.717) is 24.5 Å². The Bertz CT molecular complexity index is 977. The maximum Gasteiger partial charge on any atom is 0.227 e. The first-order chi connectivity index (χ1) is 16.7. The summed E-state index contributed by atoms with van der Waals surface area (Å²) >= 11 is 4.14. The van der Waals surface area contributed by atoms with Crippen LogP contribution in [-0.4, -0.2) is 66.5 Å². The van der Waals surface area contributed by atoms with Gasteiger partial charge in [-0.15, -0.1) is 0 Å². The first kappa shape index (κ1) is 24.4. The molecule has 0 amide bonds. The smallest absolute Gasteiger partial charge is 0.227 e. The van der Waals surface area contributed by atoms with Gasteiger partial charge in [0.25, 0.3) is 0 Å². The Labute approximate surface area is 211 Å². The molecule has 35 heavy (non-hydrogen) atoms. The van der Waals surface area contributed by atoms with Gasteiger partial charge >= 0.3 is 0 Å². The molecule has 9 atom stereocenters. The van der Waals surface area contributed by atoms with E-state index < -0.39 is 34.0 Å². The number of aliphatic hydroxyl groups excluding tert-OH is 1. The largest absolute Gasteiger partial charge is 0.394 e. The van der Waals surface area contributed by atoms with Crippen LogP contribution >= 0.6 is 12.6 Å². The second-order valence-electron chi connectivity index (χ2n) is 11.6. The van der Waals surface area contributed by atoms with Crippen LogP contribution in [0.4, 0.5) is 4.39 Å². The van der Waals surface area contributed by atoms with Crippen molar-refractivity contribution < 1.29 is 33.3 Å². The zero-order valence-corrected chi connectivity index (χ0v) is 21.6. The third kappa shape index (κ3) is 2.83. The first-order valence-electron chi connectivity index (χ1n) is 12.8. The molecule has 7 nitrogen and oxygen atoms in total. The lowest BCUT2D eigenvalue weighted by atomic mass is 9.44. The lowest BCUT2D eigenvalue weighted by Gasteiger charge is -2.63. The molecular weight excluding hydrogens is 473 g/mol. The van der Waals surface area contributed by atoms with Crippen LogP contribution in [0.2, 0.25) is 0 Å². The maximum absolute atomic E-state index is 17.6. The van der Waals surface area contributed by atoms with Crippen molar-refractivity contribution in [2.24, 2.45) is 33.7 Å². The van der Waals surface area contributed by atoms with Gasteiger partial charge in [-0.2, -0.15) is 12.6 Å². The minimum absolute atomic E-state index is 0.00855. The molecule has 0 bridgehead atoms. The fourth-order valence-corrected chi connectivity index (χ4v) is 9.05. The summed E-state index contributed by atoms with van der Waals surface area (Å²) in [6, 6.07) is 0. The number of fused-ring (bicyclic) bond motifs is 7. The number of rotatable bonds is 3. The van der Waals surface area contributed by atoms with Crippen LogP contribution in [0.15, 0.2) is 29.0 Å². The molecule has 5 fully saturated rings. The molecule has 2 heterocycles. The van der Waals surface area contributed by atoms with E-state index in [0.717, 1.165) is 18.4 Å². The molecule has 0 aromatic rings. The summed E-state index contributed by atoms with van der Waals surface area (Å²) < 4.78 is 41.8. The van der Waals surface area contributed by atoms with Crippen LogP contribution in [0.5, 0.6) is 0 Å².